The number of carbonyl (C=O) groups excluding carboxylic acids is 4. The first-order valence-corrected chi connectivity index (χ1v) is 36.6. The molecule has 0 aliphatic carbocycles. The molecule has 2 aliphatic heterocycles. The maximum absolute atomic E-state index is 13.7. The molecule has 4 heterocycles. The predicted molar refractivity (Wildman–Crippen MR) is 384 cm³/mol. The van der Waals surface area contributed by atoms with Crippen molar-refractivity contribution < 1.29 is 65.3 Å². The van der Waals surface area contributed by atoms with Gasteiger partial charge in [0.05, 0.1) is 126 Å². The lowest BCUT2D eigenvalue weighted by atomic mass is 9.95. The van der Waals surface area contributed by atoms with Crippen molar-refractivity contribution in [2.75, 3.05) is 89.0 Å². The van der Waals surface area contributed by atoms with Crippen LogP contribution in [0.3, 0.4) is 0 Å². The van der Waals surface area contributed by atoms with E-state index >= 15 is 0 Å². The molecule has 6 aromatic rings. The van der Waals surface area contributed by atoms with Crippen molar-refractivity contribution in [2.45, 2.75) is 166 Å². The average molecular weight is 1380 g/mol. The van der Waals surface area contributed by atoms with Gasteiger partial charge < -0.3 is 66.5 Å². The van der Waals surface area contributed by atoms with Gasteiger partial charge in [0.25, 0.3) is 15.1 Å². The third-order valence-corrected chi connectivity index (χ3v) is 18.7. The van der Waals surface area contributed by atoms with E-state index in [-0.39, 0.29) is 93.2 Å². The summed E-state index contributed by atoms with van der Waals surface area (Å²) < 4.78 is 60.8. The highest BCUT2D eigenvalue weighted by atomic mass is 31.2. The first kappa shape index (κ1) is 79.2. The van der Waals surface area contributed by atoms with E-state index in [9.17, 15) is 19.2 Å². The Morgan fingerprint density at radius 3 is 1.19 bits per heavy atom. The Bertz CT molecular complexity index is 3550. The van der Waals surface area contributed by atoms with Crippen molar-refractivity contribution in [3.05, 3.63) is 108 Å². The molecule has 2 N–H and O–H groups in total. The summed E-state index contributed by atoms with van der Waals surface area (Å²) in [6, 6.07) is 31.7. The highest BCUT2D eigenvalue weighted by Crippen LogP contribution is 2.52. The van der Waals surface area contributed by atoms with Gasteiger partial charge in [-0.25, -0.2) is 9.36 Å². The summed E-state index contributed by atoms with van der Waals surface area (Å²) in [6.07, 6.45) is 8.05. The van der Waals surface area contributed by atoms with Crippen LogP contribution in [-0.2, 0) is 78.4 Å². The quantitative estimate of drug-likeness (QED) is 0.0274. The number of hydrogen-bond donors (Lipinski definition) is 2. The first-order chi connectivity index (χ1) is 46.0. The van der Waals surface area contributed by atoms with Gasteiger partial charge in [-0.05, 0) is 119 Å². The molecule has 8 rings (SSSR count). The molecule has 4 amide bonds. The Labute approximate surface area is 574 Å². The summed E-state index contributed by atoms with van der Waals surface area (Å²) in [5.74, 6) is -0.705. The maximum Gasteiger partial charge on any atom is 0.251 e. The van der Waals surface area contributed by atoms with Gasteiger partial charge in [0.1, 0.15) is 11.4 Å². The van der Waals surface area contributed by atoms with Gasteiger partial charge in [-0.3, -0.25) is 19.2 Å². The number of benzene rings is 4. The minimum atomic E-state index is -2.66. The molecule has 4 aromatic carbocycles. The highest BCUT2D eigenvalue weighted by Gasteiger charge is 2.32. The van der Waals surface area contributed by atoms with Gasteiger partial charge in [-0.15, -0.1) is 10.2 Å². The van der Waals surface area contributed by atoms with Crippen molar-refractivity contribution in [1.29, 1.82) is 0 Å². The summed E-state index contributed by atoms with van der Waals surface area (Å²) >= 11 is 0. The lowest BCUT2D eigenvalue weighted by Gasteiger charge is -2.29. The van der Waals surface area contributed by atoms with Crippen molar-refractivity contribution in [3.8, 4) is 45.0 Å². The van der Waals surface area contributed by atoms with Crippen LogP contribution in [0.2, 0.25) is 0 Å². The Kier molecular flexibility index (Phi) is 32.0. The number of aromatic nitrogens is 6. The molecule has 0 atom stereocenters. The monoisotopic (exact) mass is 1380 g/mol. The first-order valence-electron chi connectivity index (χ1n) is 33.2. The molecule has 0 saturated carbocycles. The van der Waals surface area contributed by atoms with E-state index in [2.05, 4.69) is 71.6 Å². The molecular weight excluding hydrogens is 1280 g/mol. The fourth-order valence-electron chi connectivity index (χ4n) is 10.7. The molecule has 26 heteroatoms. The number of ether oxygens (including phenoxy) is 4. The number of carbonyl (C=O) groups is 4. The molecule has 0 unspecified atom stereocenters. The van der Waals surface area contributed by atoms with E-state index in [0.717, 1.165) is 67.5 Å². The van der Waals surface area contributed by atoms with Crippen molar-refractivity contribution in [1.82, 2.24) is 40.6 Å². The zero-order valence-corrected chi connectivity index (χ0v) is 59.8. The normalized spacial score (nSPS) is 12.8. The third kappa shape index (κ3) is 23.7. The van der Waals surface area contributed by atoms with E-state index in [0.29, 0.717) is 92.2 Å². The minimum absolute atomic E-state index is 0. The summed E-state index contributed by atoms with van der Waals surface area (Å²) in [5, 5.41) is 23.7. The van der Waals surface area contributed by atoms with Crippen LogP contribution in [0.25, 0.3) is 45.0 Å². The molecule has 0 bridgehead atoms. The third-order valence-electron chi connectivity index (χ3n) is 14.6. The summed E-state index contributed by atoms with van der Waals surface area (Å²) in [7, 11) is -5.32. The van der Waals surface area contributed by atoms with E-state index in [1.54, 1.807) is 9.80 Å². The van der Waals surface area contributed by atoms with Gasteiger partial charge in [-0.2, -0.15) is 0 Å². The van der Waals surface area contributed by atoms with Gasteiger partial charge in [0, 0.05) is 73.1 Å². The fraction of sp³-hybridized carbons (Fsp3) is 0.521. The zero-order valence-electron chi connectivity index (χ0n) is 58.0. The number of fused-ring (bicyclic) bond motifs is 10. The summed E-state index contributed by atoms with van der Waals surface area (Å²) in [5.41, 5.74) is 10.4. The predicted octanol–water partition coefficient (Wildman–Crippen LogP) is 12.7. The van der Waals surface area contributed by atoms with Gasteiger partial charge in [-0.1, -0.05) is 103 Å². The van der Waals surface area contributed by atoms with Crippen molar-refractivity contribution in [3.63, 3.8) is 0 Å². The molecule has 24 nitrogen and oxygen atoms in total. The molecule has 0 saturated heterocycles. The van der Waals surface area contributed by atoms with Crippen molar-refractivity contribution >= 4 is 62.7 Å². The minimum Gasteiger partial charge on any atom is -0.377 e. The highest BCUT2D eigenvalue weighted by molar-refractivity contribution is 7.59. The number of hydrogen-bond acceptors (Lipinski definition) is 18. The van der Waals surface area contributed by atoms with Crippen LogP contribution in [0.5, 0.6) is 0 Å². The summed E-state index contributed by atoms with van der Waals surface area (Å²) in [4.78, 5) is 56.2. The molecule has 0 fully saturated rings. The molecule has 0 radical (unpaired) electrons. The number of amides is 4. The second kappa shape index (κ2) is 39.1. The molecule has 97 heavy (non-hydrogen) atoms. The Hall–Kier alpha value is -6.76. The molecule has 2 aromatic heterocycles. The smallest absolute Gasteiger partial charge is 0.251 e. The topological polar surface area (TPSA) is 253 Å². The van der Waals surface area contributed by atoms with E-state index in [4.69, 9.17) is 46.1 Å². The van der Waals surface area contributed by atoms with Crippen LogP contribution < -0.4 is 20.4 Å². The average Bonchev–Trinajstić information content (AvgIpc) is 1.70. The number of rotatable bonds is 36. The van der Waals surface area contributed by atoms with E-state index in [1.807, 2.05) is 162 Å². The molecule has 2 aliphatic rings. The number of anilines is 2. The Morgan fingerprint density at radius 1 is 0.433 bits per heavy atom. The standard InChI is InChI=1S/2C35H50N5O7P.CH4/c1-25(2)40-35-29-13-9-8-12-28(29)24-39(31-15-11-10-14-30(31)34(35)37-38-40)33(42)17-16-32(41)36-18-19-43-20-21-44-22-23-45-48(7,46-26(3)4)47-27(5)6;1-25(2)40-35-30-14-10-11-15-31(30)39(24-28-12-8-9-13-29(28)34(35)37-38-40)33(42)17-16-32(41)36-18-19-43-20-21-44-22-23-45-48(7,46-26(3)4)47-27(5)6;/h2*8-15,25-27H,7,16-24H2,1-6H3,(H,36,41);1H4. The maximum atomic E-state index is 13.7. The second-order valence-electron chi connectivity index (χ2n) is 24.6. The van der Waals surface area contributed by atoms with E-state index < -0.39 is 15.1 Å². The van der Waals surface area contributed by atoms with Crippen LogP contribution in [0.15, 0.2) is 97.1 Å². The van der Waals surface area contributed by atoms with Crippen molar-refractivity contribution in [2.24, 2.45) is 0 Å². The van der Waals surface area contributed by atoms with Crippen LogP contribution in [-0.4, -0.2) is 170 Å². The second-order valence-corrected chi connectivity index (χ2v) is 28.4. The summed E-state index contributed by atoms with van der Waals surface area (Å²) in [6.45, 7) is 28.4. The van der Waals surface area contributed by atoms with Gasteiger partial charge >= 0.3 is 0 Å². The largest absolute Gasteiger partial charge is 0.377 e. The molecule has 0 spiro atoms. The molecule has 532 valence electrons. The van der Waals surface area contributed by atoms with Crippen LogP contribution >= 0.6 is 15.1 Å². The number of nitrogens with zero attached hydrogens (tertiary/aromatic N) is 8. The Balaban J connectivity index is 0.000000303. The Morgan fingerprint density at radius 2 is 0.763 bits per heavy atom. The molecular formula is C71H104N10O14P2. The SMILES string of the molecule is C.C=P(OCCOCCOCCNC(=O)CCC(=O)N1Cc2ccccc2-c2c(nnn2C(C)C)-c2ccccc21)(OC(C)C)OC(C)C.C=P(OCCOCCOCCNC(=O)CCC(=O)N1Cc2ccccc2-c2nnn(C(C)C)c2-c2ccccc21)(OC(C)C)OC(C)C. The van der Waals surface area contributed by atoms with E-state index in [1.165, 1.54) is 0 Å². The van der Waals surface area contributed by atoms with Gasteiger partial charge in [0.15, 0.2) is 0 Å². The zero-order chi connectivity index (χ0) is 69.4. The van der Waals surface area contributed by atoms with Crippen LogP contribution in [0.4, 0.5) is 11.4 Å². The number of para-hydroxylation sites is 2. The lowest BCUT2D eigenvalue weighted by molar-refractivity contribution is -0.125. The van der Waals surface area contributed by atoms with Gasteiger partial charge in [0.2, 0.25) is 23.6 Å². The fourth-order valence-corrected chi connectivity index (χ4v) is 14.3. The van der Waals surface area contributed by atoms with Crippen LogP contribution in [0.1, 0.15) is 139 Å². The lowest BCUT2D eigenvalue weighted by Crippen LogP contribution is -2.34. The van der Waals surface area contributed by atoms with Crippen LogP contribution in [0, 0.1) is 0 Å². The number of nitrogens with one attached hydrogen (secondary N) is 2.